The number of hydrogen-bond donors (Lipinski definition) is 1. The van der Waals surface area contributed by atoms with Gasteiger partial charge >= 0.3 is 0 Å². The van der Waals surface area contributed by atoms with Gasteiger partial charge in [-0.2, -0.15) is 0 Å². The van der Waals surface area contributed by atoms with Crippen LogP contribution in [-0.4, -0.2) is 18.5 Å². The van der Waals surface area contributed by atoms with E-state index in [4.69, 9.17) is 0 Å². The summed E-state index contributed by atoms with van der Waals surface area (Å²) in [5, 5.41) is 3.05. The van der Waals surface area contributed by atoms with Gasteiger partial charge in [0.2, 0.25) is 0 Å². The molecule has 0 atom stereocenters. The van der Waals surface area contributed by atoms with Crippen LogP contribution in [0.2, 0.25) is 0 Å². The van der Waals surface area contributed by atoms with Crippen LogP contribution >= 0.6 is 0 Å². The highest BCUT2D eigenvalue weighted by molar-refractivity contribution is 5.13. The van der Waals surface area contributed by atoms with Crippen molar-refractivity contribution in [3.8, 4) is 0 Å². The minimum absolute atomic E-state index is 0.843. The molecule has 0 unspecified atom stereocenters. The minimum Gasteiger partial charge on any atom is -0.366 e. The summed E-state index contributed by atoms with van der Waals surface area (Å²) < 4.78 is 0. The van der Waals surface area contributed by atoms with Crippen LogP contribution in [0, 0.1) is 0 Å². The maximum atomic E-state index is 3.79. The molecule has 0 bridgehead atoms. The standard InChI is InChI=1S/C6H10N2/c1-5-4-7-6(2)8(5)3/h7H,1-2,4H2,3H3. The molecule has 1 aliphatic rings. The highest BCUT2D eigenvalue weighted by atomic mass is 15.3. The molecule has 8 heavy (non-hydrogen) atoms. The highest BCUT2D eigenvalue weighted by Crippen LogP contribution is 2.09. The number of rotatable bonds is 0. The molecule has 1 aliphatic heterocycles. The summed E-state index contributed by atoms with van der Waals surface area (Å²) in [7, 11) is 1.95. The lowest BCUT2D eigenvalue weighted by Crippen LogP contribution is -2.10. The van der Waals surface area contributed by atoms with E-state index in [-0.39, 0.29) is 0 Å². The molecule has 1 fully saturated rings. The van der Waals surface area contributed by atoms with Gasteiger partial charge in [-0.25, -0.2) is 0 Å². The molecule has 0 aromatic rings. The van der Waals surface area contributed by atoms with Crippen LogP contribution in [0.5, 0.6) is 0 Å². The van der Waals surface area contributed by atoms with Crippen molar-refractivity contribution in [2.75, 3.05) is 13.6 Å². The lowest BCUT2D eigenvalue weighted by Gasteiger charge is -2.09. The first-order valence-corrected chi connectivity index (χ1v) is 2.56. The molecule has 44 valence electrons. The fraction of sp³-hybridized carbons (Fsp3) is 0.333. The van der Waals surface area contributed by atoms with Crippen LogP contribution in [0.1, 0.15) is 0 Å². The maximum Gasteiger partial charge on any atom is 0.0982 e. The van der Waals surface area contributed by atoms with E-state index in [9.17, 15) is 0 Å². The van der Waals surface area contributed by atoms with Crippen LogP contribution < -0.4 is 5.32 Å². The fourth-order valence-electron chi connectivity index (χ4n) is 0.632. The van der Waals surface area contributed by atoms with E-state index >= 15 is 0 Å². The van der Waals surface area contributed by atoms with Crippen molar-refractivity contribution in [2.24, 2.45) is 0 Å². The summed E-state index contributed by atoms with van der Waals surface area (Å²) in [6.07, 6.45) is 0. The molecule has 0 aromatic heterocycles. The molecule has 0 spiro atoms. The smallest absolute Gasteiger partial charge is 0.0982 e. The Kier molecular flexibility index (Phi) is 1.01. The van der Waals surface area contributed by atoms with Crippen LogP contribution in [-0.2, 0) is 0 Å². The maximum absolute atomic E-state index is 3.79. The number of hydrogen-bond acceptors (Lipinski definition) is 2. The Balaban J connectivity index is 2.70. The zero-order valence-electron chi connectivity index (χ0n) is 5.07. The Morgan fingerprint density at radius 1 is 1.62 bits per heavy atom. The van der Waals surface area contributed by atoms with Gasteiger partial charge < -0.3 is 10.2 Å². The molecule has 2 heteroatoms. The molecule has 0 radical (unpaired) electrons. The second kappa shape index (κ2) is 1.54. The summed E-state index contributed by atoms with van der Waals surface area (Å²) in [6.45, 7) is 8.37. The zero-order chi connectivity index (χ0) is 6.15. The predicted octanol–water partition coefficient (Wildman–Crippen LogP) is 0.506. The van der Waals surface area contributed by atoms with E-state index < -0.39 is 0 Å². The summed E-state index contributed by atoms with van der Waals surface area (Å²) in [5.41, 5.74) is 1.08. The average Bonchev–Trinajstić information content (AvgIpc) is 1.98. The largest absolute Gasteiger partial charge is 0.366 e. The Morgan fingerprint density at radius 3 is 2.38 bits per heavy atom. The first-order valence-electron chi connectivity index (χ1n) is 2.56. The average molecular weight is 110 g/mol. The van der Waals surface area contributed by atoms with Crippen LogP contribution in [0.4, 0.5) is 0 Å². The second-order valence-corrected chi connectivity index (χ2v) is 1.93. The van der Waals surface area contributed by atoms with Crippen molar-refractivity contribution >= 4 is 0 Å². The summed E-state index contributed by atoms with van der Waals surface area (Å²) >= 11 is 0. The second-order valence-electron chi connectivity index (χ2n) is 1.93. The molecule has 1 heterocycles. The number of nitrogens with one attached hydrogen (secondary N) is 1. The van der Waals surface area contributed by atoms with Crippen molar-refractivity contribution in [3.63, 3.8) is 0 Å². The van der Waals surface area contributed by atoms with Gasteiger partial charge in [-0.05, 0) is 0 Å². The first kappa shape index (κ1) is 5.22. The van der Waals surface area contributed by atoms with Gasteiger partial charge in [0, 0.05) is 12.7 Å². The SMILES string of the molecule is C=C1CNC(=C)N1C. The third kappa shape index (κ3) is 0.579. The van der Waals surface area contributed by atoms with Crippen molar-refractivity contribution in [3.05, 3.63) is 24.7 Å². The molecule has 0 saturated carbocycles. The van der Waals surface area contributed by atoms with Crippen LogP contribution in [0.25, 0.3) is 0 Å². The fourth-order valence-corrected chi connectivity index (χ4v) is 0.632. The third-order valence-corrected chi connectivity index (χ3v) is 1.38. The number of nitrogens with zero attached hydrogens (tertiary/aromatic N) is 1. The first-order chi connectivity index (χ1) is 3.72. The number of likely N-dealkylation sites (N-methyl/N-ethyl adjacent to an activating group) is 1. The quantitative estimate of drug-likeness (QED) is 0.488. The van der Waals surface area contributed by atoms with Gasteiger partial charge in [0.05, 0.1) is 12.4 Å². The Hall–Kier alpha value is -0.920. The van der Waals surface area contributed by atoms with Gasteiger partial charge in [0.25, 0.3) is 0 Å². The van der Waals surface area contributed by atoms with Gasteiger partial charge in [0.15, 0.2) is 0 Å². The van der Waals surface area contributed by atoms with E-state index in [1.54, 1.807) is 0 Å². The van der Waals surface area contributed by atoms with Crippen molar-refractivity contribution in [1.29, 1.82) is 0 Å². The molecule has 1 N–H and O–H groups in total. The van der Waals surface area contributed by atoms with E-state index in [1.165, 1.54) is 0 Å². The normalized spacial score (nSPS) is 19.4. The summed E-state index contributed by atoms with van der Waals surface area (Å²) in [4.78, 5) is 1.94. The lowest BCUT2D eigenvalue weighted by atomic mass is 10.5. The minimum atomic E-state index is 0.843. The van der Waals surface area contributed by atoms with E-state index in [2.05, 4.69) is 18.5 Å². The molecule has 0 aromatic carbocycles. The Morgan fingerprint density at radius 2 is 2.25 bits per heavy atom. The topological polar surface area (TPSA) is 15.3 Å². The molecular weight excluding hydrogens is 100 g/mol. The van der Waals surface area contributed by atoms with Crippen molar-refractivity contribution in [2.45, 2.75) is 0 Å². The van der Waals surface area contributed by atoms with Gasteiger partial charge in [0.1, 0.15) is 0 Å². The summed E-state index contributed by atoms with van der Waals surface area (Å²) in [5.74, 6) is 0.940. The molecule has 0 amide bonds. The molecular formula is C6H10N2. The van der Waals surface area contributed by atoms with E-state index in [0.29, 0.717) is 0 Å². The predicted molar refractivity (Wildman–Crippen MR) is 34.0 cm³/mol. The zero-order valence-corrected chi connectivity index (χ0v) is 5.07. The molecule has 1 saturated heterocycles. The highest BCUT2D eigenvalue weighted by Gasteiger charge is 2.11. The van der Waals surface area contributed by atoms with Crippen LogP contribution in [0.3, 0.4) is 0 Å². The Bertz CT molecular complexity index is 121. The van der Waals surface area contributed by atoms with E-state index in [1.807, 2.05) is 11.9 Å². The van der Waals surface area contributed by atoms with Crippen molar-refractivity contribution in [1.82, 2.24) is 10.2 Å². The molecule has 0 aliphatic carbocycles. The molecule has 1 rings (SSSR count). The third-order valence-electron chi connectivity index (χ3n) is 1.38. The van der Waals surface area contributed by atoms with E-state index in [0.717, 1.165) is 18.1 Å². The Labute approximate surface area is 49.5 Å². The molecule has 2 nitrogen and oxygen atoms in total. The van der Waals surface area contributed by atoms with Crippen LogP contribution in [0.15, 0.2) is 24.7 Å². The van der Waals surface area contributed by atoms with Gasteiger partial charge in [-0.1, -0.05) is 13.2 Å². The summed E-state index contributed by atoms with van der Waals surface area (Å²) in [6, 6.07) is 0. The lowest BCUT2D eigenvalue weighted by molar-refractivity contribution is 0.559. The van der Waals surface area contributed by atoms with Crippen molar-refractivity contribution < 1.29 is 0 Å². The van der Waals surface area contributed by atoms with Gasteiger partial charge in [-0.3, -0.25) is 0 Å². The van der Waals surface area contributed by atoms with Gasteiger partial charge in [-0.15, -0.1) is 0 Å². The monoisotopic (exact) mass is 110 g/mol.